The van der Waals surface area contributed by atoms with Gasteiger partial charge in [0.15, 0.2) is 0 Å². The van der Waals surface area contributed by atoms with Crippen LogP contribution >= 0.6 is 0 Å². The molecule has 29 heavy (non-hydrogen) atoms. The normalized spacial score (nSPS) is 19.1. The van der Waals surface area contributed by atoms with Gasteiger partial charge in [0, 0.05) is 40.9 Å². The molecule has 2 atom stereocenters. The van der Waals surface area contributed by atoms with Crippen molar-refractivity contribution in [1.82, 2.24) is 15.0 Å². The number of benzene rings is 1. The Labute approximate surface area is 166 Å². The second-order valence-electron chi connectivity index (χ2n) is 7.27. The predicted octanol–water partition coefficient (Wildman–Crippen LogP) is 1.84. The lowest BCUT2D eigenvalue weighted by Gasteiger charge is -2.29. The van der Waals surface area contributed by atoms with Crippen LogP contribution in [-0.4, -0.2) is 32.9 Å². The Kier molecular flexibility index (Phi) is 5.13. The molecule has 2 heterocycles. The molecule has 150 valence electrons. The van der Waals surface area contributed by atoms with E-state index >= 15 is 0 Å². The summed E-state index contributed by atoms with van der Waals surface area (Å²) in [7, 11) is 0. The van der Waals surface area contributed by atoms with Crippen LogP contribution in [0.25, 0.3) is 10.9 Å². The van der Waals surface area contributed by atoms with Crippen molar-refractivity contribution in [2.24, 2.45) is 11.5 Å². The molecule has 9 heteroatoms. The van der Waals surface area contributed by atoms with Crippen molar-refractivity contribution in [1.29, 1.82) is 0 Å². The number of hydrogen-bond acceptors (Lipinski definition) is 7. The minimum atomic E-state index is -0.626. The van der Waals surface area contributed by atoms with Crippen LogP contribution < -0.4 is 27.7 Å². The third-order valence-electron chi connectivity index (χ3n) is 5.17. The molecule has 1 aliphatic carbocycles. The zero-order valence-electron chi connectivity index (χ0n) is 15.8. The van der Waals surface area contributed by atoms with Gasteiger partial charge in [0.05, 0.1) is 0 Å². The number of primary amides is 1. The molecule has 2 aromatic heterocycles. The van der Waals surface area contributed by atoms with Crippen LogP contribution in [0.2, 0.25) is 0 Å². The second kappa shape index (κ2) is 7.88. The summed E-state index contributed by atoms with van der Waals surface area (Å²) in [4.78, 5) is 34.7. The SMILES string of the molecule is NC(=O)c1cnc(N[C@@H]2CCCC[C@@H]2N)nc1Nc1ccc2[nH]c(=O)ccc2c1. The number of carbonyl (C=O) groups is 1. The van der Waals surface area contributed by atoms with Crippen molar-refractivity contribution in [2.75, 3.05) is 10.6 Å². The molecule has 3 aromatic rings. The minimum Gasteiger partial charge on any atom is -0.365 e. The molecule has 4 rings (SSSR count). The van der Waals surface area contributed by atoms with E-state index in [2.05, 4.69) is 25.6 Å². The number of fused-ring (bicyclic) bond motifs is 1. The van der Waals surface area contributed by atoms with E-state index in [1.807, 2.05) is 6.07 Å². The topological polar surface area (TPSA) is 152 Å². The number of hydrogen-bond donors (Lipinski definition) is 5. The molecule has 0 radical (unpaired) electrons. The number of pyridine rings is 1. The van der Waals surface area contributed by atoms with Gasteiger partial charge < -0.3 is 27.1 Å². The number of nitrogens with one attached hydrogen (secondary N) is 3. The van der Waals surface area contributed by atoms with Crippen LogP contribution in [0.4, 0.5) is 17.5 Å². The van der Waals surface area contributed by atoms with Gasteiger partial charge in [0.2, 0.25) is 11.5 Å². The fourth-order valence-corrected chi connectivity index (χ4v) is 3.60. The van der Waals surface area contributed by atoms with E-state index in [0.717, 1.165) is 36.6 Å². The van der Waals surface area contributed by atoms with E-state index in [9.17, 15) is 9.59 Å². The molecule has 0 saturated heterocycles. The fourth-order valence-electron chi connectivity index (χ4n) is 3.60. The maximum atomic E-state index is 11.8. The average Bonchev–Trinajstić information content (AvgIpc) is 2.70. The molecular weight excluding hydrogens is 370 g/mol. The smallest absolute Gasteiger partial charge is 0.254 e. The van der Waals surface area contributed by atoms with Crippen LogP contribution in [0.1, 0.15) is 36.0 Å². The standard InChI is InChI=1S/C20H23N7O2/c21-14-3-1-2-4-16(14)26-20-23-10-13(18(22)29)19(27-20)24-12-6-7-15-11(9-12)5-8-17(28)25-15/h5-10,14,16H,1-4,21H2,(H2,22,29)(H,25,28)(H2,23,24,26,27)/t14-,16+/m0/s1. The van der Waals surface area contributed by atoms with Gasteiger partial charge in [-0.2, -0.15) is 4.98 Å². The van der Waals surface area contributed by atoms with Gasteiger partial charge in [-0.25, -0.2) is 4.98 Å². The molecule has 7 N–H and O–H groups in total. The van der Waals surface area contributed by atoms with Gasteiger partial charge in [-0.05, 0) is 37.1 Å². The maximum absolute atomic E-state index is 11.8. The molecule has 0 spiro atoms. The third-order valence-corrected chi connectivity index (χ3v) is 5.17. The van der Waals surface area contributed by atoms with Crippen LogP contribution in [-0.2, 0) is 0 Å². The summed E-state index contributed by atoms with van der Waals surface area (Å²) < 4.78 is 0. The van der Waals surface area contributed by atoms with Crippen molar-refractivity contribution in [3.05, 3.63) is 52.4 Å². The largest absolute Gasteiger partial charge is 0.365 e. The molecule has 1 fully saturated rings. The first-order valence-corrected chi connectivity index (χ1v) is 9.59. The highest BCUT2D eigenvalue weighted by atomic mass is 16.1. The van der Waals surface area contributed by atoms with Gasteiger partial charge in [0.25, 0.3) is 5.91 Å². The molecule has 0 bridgehead atoms. The Bertz CT molecular complexity index is 1110. The van der Waals surface area contributed by atoms with Crippen molar-refractivity contribution < 1.29 is 4.79 Å². The van der Waals surface area contributed by atoms with Crippen molar-refractivity contribution in [3.63, 3.8) is 0 Å². The summed E-state index contributed by atoms with van der Waals surface area (Å²) >= 11 is 0. The molecule has 9 nitrogen and oxygen atoms in total. The Morgan fingerprint density at radius 3 is 2.79 bits per heavy atom. The van der Waals surface area contributed by atoms with Crippen LogP contribution in [0.15, 0.2) is 41.3 Å². The first kappa shape index (κ1) is 18.9. The predicted molar refractivity (Wildman–Crippen MR) is 112 cm³/mol. The van der Waals surface area contributed by atoms with Gasteiger partial charge in [0.1, 0.15) is 11.4 Å². The van der Waals surface area contributed by atoms with E-state index in [0.29, 0.717) is 17.5 Å². The van der Waals surface area contributed by atoms with E-state index in [-0.39, 0.29) is 23.2 Å². The lowest BCUT2D eigenvalue weighted by Crippen LogP contribution is -2.43. The van der Waals surface area contributed by atoms with E-state index < -0.39 is 5.91 Å². The number of anilines is 3. The second-order valence-corrected chi connectivity index (χ2v) is 7.27. The zero-order valence-corrected chi connectivity index (χ0v) is 15.8. The van der Waals surface area contributed by atoms with Crippen molar-refractivity contribution in [3.8, 4) is 0 Å². The number of rotatable bonds is 5. The molecule has 1 aliphatic rings. The van der Waals surface area contributed by atoms with Gasteiger partial charge in [-0.1, -0.05) is 12.8 Å². The Balaban J connectivity index is 1.63. The highest BCUT2D eigenvalue weighted by Crippen LogP contribution is 2.24. The van der Waals surface area contributed by atoms with Crippen LogP contribution in [0, 0.1) is 0 Å². The molecular formula is C20H23N7O2. The van der Waals surface area contributed by atoms with E-state index in [4.69, 9.17) is 11.5 Å². The summed E-state index contributed by atoms with van der Waals surface area (Å²) in [5.74, 6) is 0.0756. The fraction of sp³-hybridized carbons (Fsp3) is 0.300. The van der Waals surface area contributed by atoms with E-state index in [1.165, 1.54) is 12.3 Å². The molecule has 0 aliphatic heterocycles. The summed E-state index contributed by atoms with van der Waals surface area (Å²) in [5, 5.41) is 7.26. The summed E-state index contributed by atoms with van der Waals surface area (Å²) in [6.45, 7) is 0. The number of carbonyl (C=O) groups excluding carboxylic acids is 1. The molecule has 1 aromatic carbocycles. The molecule has 1 saturated carbocycles. The lowest BCUT2D eigenvalue weighted by molar-refractivity contribution is 0.100. The van der Waals surface area contributed by atoms with Crippen LogP contribution in [0.3, 0.4) is 0 Å². The van der Waals surface area contributed by atoms with Crippen molar-refractivity contribution >= 4 is 34.3 Å². The molecule has 0 unspecified atom stereocenters. The first-order valence-electron chi connectivity index (χ1n) is 9.59. The van der Waals surface area contributed by atoms with Gasteiger partial charge in [-0.3, -0.25) is 9.59 Å². The Morgan fingerprint density at radius 1 is 1.17 bits per heavy atom. The van der Waals surface area contributed by atoms with Crippen LogP contribution in [0.5, 0.6) is 0 Å². The first-order chi connectivity index (χ1) is 14.0. The summed E-state index contributed by atoms with van der Waals surface area (Å²) in [5.41, 5.74) is 13.1. The summed E-state index contributed by atoms with van der Waals surface area (Å²) in [6.07, 6.45) is 5.55. The maximum Gasteiger partial charge on any atom is 0.254 e. The Hall–Kier alpha value is -3.46. The number of H-pyrrole nitrogens is 1. The number of aromatic amines is 1. The summed E-state index contributed by atoms with van der Waals surface area (Å²) in [6, 6.07) is 8.74. The average molecular weight is 393 g/mol. The van der Waals surface area contributed by atoms with Crippen molar-refractivity contribution in [2.45, 2.75) is 37.8 Å². The Morgan fingerprint density at radius 2 is 2.00 bits per heavy atom. The number of aromatic nitrogens is 3. The zero-order chi connectivity index (χ0) is 20.4. The number of nitrogens with zero attached hydrogens (tertiary/aromatic N) is 2. The quantitative estimate of drug-likeness (QED) is 0.443. The third kappa shape index (κ3) is 4.19. The number of nitrogens with two attached hydrogens (primary N) is 2. The van der Waals surface area contributed by atoms with Gasteiger partial charge >= 0.3 is 0 Å². The number of amides is 1. The highest BCUT2D eigenvalue weighted by molar-refractivity contribution is 5.98. The lowest BCUT2D eigenvalue weighted by atomic mass is 9.91. The molecule has 1 amide bonds. The monoisotopic (exact) mass is 393 g/mol. The highest BCUT2D eigenvalue weighted by Gasteiger charge is 2.23. The van der Waals surface area contributed by atoms with E-state index in [1.54, 1.807) is 18.2 Å². The van der Waals surface area contributed by atoms with Gasteiger partial charge in [-0.15, -0.1) is 0 Å². The minimum absolute atomic E-state index is 0.0437.